The van der Waals surface area contributed by atoms with Gasteiger partial charge in [0.1, 0.15) is 17.6 Å². The third kappa shape index (κ3) is 9.07. The molecule has 1 N–H and O–H groups in total. The van der Waals surface area contributed by atoms with Gasteiger partial charge in [0.05, 0.1) is 18.3 Å². The second-order valence-electron chi connectivity index (χ2n) is 8.05. The van der Waals surface area contributed by atoms with Crippen LogP contribution >= 0.6 is 0 Å². The van der Waals surface area contributed by atoms with Gasteiger partial charge in [-0.05, 0) is 57.6 Å². The summed E-state index contributed by atoms with van der Waals surface area (Å²) in [6.45, 7) is 3.96. The highest BCUT2D eigenvalue weighted by Gasteiger charge is 2.37. The molecule has 4 nitrogen and oxygen atoms in total. The van der Waals surface area contributed by atoms with E-state index in [-0.39, 0.29) is 30.2 Å². The zero-order valence-electron chi connectivity index (χ0n) is 18.8. The number of carbonyl (C=O) groups excluding carboxylic acids is 1. The maximum atomic E-state index is 12.1. The van der Waals surface area contributed by atoms with Crippen LogP contribution in [0.25, 0.3) is 0 Å². The van der Waals surface area contributed by atoms with E-state index < -0.39 is 12.6 Å². The largest absolute Gasteiger partial charge is 0.507 e. The third-order valence-corrected chi connectivity index (χ3v) is 5.26. The van der Waals surface area contributed by atoms with E-state index >= 15 is 0 Å². The molecule has 0 aromatic heterocycles. The molecule has 0 saturated carbocycles. The standard InChI is InChI=1S/C25H33F3O4/c1-3-11-20-21(15-14-19(18(2)29)24(20)30)31-17-9-7-5-4-6-8-12-22-23(32-22)13-10-16-25(26,27)28/h4,6,8,12,14-15,22-23,30H,3,5,7,9-11,13,16-17H2,1-2H3/t22-,23-/m1/s1. The first-order valence-electron chi connectivity index (χ1n) is 11.3. The first kappa shape index (κ1) is 26.0. The molecule has 0 radical (unpaired) electrons. The average Bonchev–Trinajstić information content (AvgIpc) is 3.45. The summed E-state index contributed by atoms with van der Waals surface area (Å²) in [5.41, 5.74) is 1.01. The van der Waals surface area contributed by atoms with Gasteiger partial charge in [0.25, 0.3) is 0 Å². The van der Waals surface area contributed by atoms with Gasteiger partial charge >= 0.3 is 6.18 Å². The second kappa shape index (κ2) is 12.7. The molecule has 0 spiro atoms. The molecule has 1 heterocycles. The molecule has 1 aromatic carbocycles. The molecule has 0 amide bonds. The van der Waals surface area contributed by atoms with Gasteiger partial charge in [0, 0.05) is 12.0 Å². The Morgan fingerprint density at radius 1 is 1.22 bits per heavy atom. The Balaban J connectivity index is 1.62. The number of allylic oxidation sites excluding steroid dienone is 3. The van der Waals surface area contributed by atoms with E-state index in [9.17, 15) is 23.1 Å². The highest BCUT2D eigenvalue weighted by atomic mass is 19.4. The quantitative estimate of drug-likeness (QED) is 0.147. The van der Waals surface area contributed by atoms with E-state index in [4.69, 9.17) is 9.47 Å². The molecule has 32 heavy (non-hydrogen) atoms. The number of hydrogen-bond acceptors (Lipinski definition) is 4. The van der Waals surface area contributed by atoms with Crippen LogP contribution in [0.3, 0.4) is 0 Å². The summed E-state index contributed by atoms with van der Waals surface area (Å²) < 4.78 is 47.6. The summed E-state index contributed by atoms with van der Waals surface area (Å²) in [5.74, 6) is 0.480. The Kier molecular flexibility index (Phi) is 10.3. The van der Waals surface area contributed by atoms with Crippen molar-refractivity contribution >= 4 is 5.78 Å². The fraction of sp³-hybridized carbons (Fsp3) is 0.560. The van der Waals surface area contributed by atoms with Crippen LogP contribution in [0.15, 0.2) is 36.4 Å². The van der Waals surface area contributed by atoms with Crippen molar-refractivity contribution in [3.05, 3.63) is 47.6 Å². The van der Waals surface area contributed by atoms with Crippen molar-refractivity contribution in [2.24, 2.45) is 0 Å². The number of ether oxygens (including phenoxy) is 2. The molecular formula is C25H33F3O4. The molecule has 2 rings (SSSR count). The number of ketones is 1. The van der Waals surface area contributed by atoms with Gasteiger partial charge in [-0.25, -0.2) is 0 Å². The lowest BCUT2D eigenvalue weighted by atomic mass is 10.0. The topological polar surface area (TPSA) is 59.1 Å². The number of benzene rings is 1. The van der Waals surface area contributed by atoms with Gasteiger partial charge in [-0.15, -0.1) is 0 Å². The maximum absolute atomic E-state index is 12.1. The van der Waals surface area contributed by atoms with Crippen LogP contribution in [0, 0.1) is 0 Å². The van der Waals surface area contributed by atoms with Crippen molar-refractivity contribution in [2.75, 3.05) is 6.61 Å². The van der Waals surface area contributed by atoms with E-state index in [1.807, 2.05) is 31.2 Å². The number of phenols is 1. The van der Waals surface area contributed by atoms with Crippen LogP contribution in [-0.4, -0.2) is 35.9 Å². The predicted molar refractivity (Wildman–Crippen MR) is 118 cm³/mol. The van der Waals surface area contributed by atoms with E-state index in [0.717, 1.165) is 25.7 Å². The fourth-order valence-electron chi connectivity index (χ4n) is 3.49. The molecule has 7 heteroatoms. The molecular weight excluding hydrogens is 421 g/mol. The summed E-state index contributed by atoms with van der Waals surface area (Å²) in [6, 6.07) is 3.36. The van der Waals surface area contributed by atoms with Gasteiger partial charge in [0.2, 0.25) is 0 Å². The molecule has 2 atom stereocenters. The minimum atomic E-state index is -4.09. The lowest BCUT2D eigenvalue weighted by Crippen LogP contribution is -2.07. The summed E-state index contributed by atoms with van der Waals surface area (Å²) >= 11 is 0. The highest BCUT2D eigenvalue weighted by molar-refractivity contribution is 5.97. The molecule has 1 fully saturated rings. The predicted octanol–water partition coefficient (Wildman–Crippen LogP) is 6.71. The zero-order valence-corrected chi connectivity index (χ0v) is 18.8. The highest BCUT2D eigenvalue weighted by Crippen LogP contribution is 2.33. The summed E-state index contributed by atoms with van der Waals surface area (Å²) in [5, 5.41) is 10.4. The van der Waals surface area contributed by atoms with Gasteiger partial charge in [0.15, 0.2) is 5.78 Å². The number of phenolic OH excluding ortho intramolecular Hbond substituents is 1. The monoisotopic (exact) mass is 454 g/mol. The SMILES string of the molecule is CCCc1c(OCCCCC=CC=C[C@H]2O[C@@H]2CCCC(F)(F)F)ccc(C(C)=O)c1O. The Morgan fingerprint density at radius 2 is 2.00 bits per heavy atom. The van der Waals surface area contributed by atoms with E-state index in [1.165, 1.54) is 6.92 Å². The number of rotatable bonds is 14. The molecule has 178 valence electrons. The van der Waals surface area contributed by atoms with Crippen molar-refractivity contribution < 1.29 is 32.5 Å². The van der Waals surface area contributed by atoms with Crippen LogP contribution in [0.4, 0.5) is 13.2 Å². The van der Waals surface area contributed by atoms with Crippen LogP contribution < -0.4 is 4.74 Å². The van der Waals surface area contributed by atoms with Gasteiger partial charge in [-0.2, -0.15) is 13.2 Å². The normalized spacial score (nSPS) is 18.5. The minimum Gasteiger partial charge on any atom is -0.507 e. The lowest BCUT2D eigenvalue weighted by Gasteiger charge is -2.14. The Hall–Kier alpha value is -2.28. The van der Waals surface area contributed by atoms with Gasteiger partial charge < -0.3 is 14.6 Å². The summed E-state index contributed by atoms with van der Waals surface area (Å²) in [6.07, 6.45) is 7.42. The summed E-state index contributed by atoms with van der Waals surface area (Å²) in [7, 11) is 0. The van der Waals surface area contributed by atoms with Crippen molar-refractivity contribution in [1.29, 1.82) is 0 Å². The maximum Gasteiger partial charge on any atom is 0.389 e. The summed E-state index contributed by atoms with van der Waals surface area (Å²) in [4.78, 5) is 11.6. The second-order valence-corrected chi connectivity index (χ2v) is 8.05. The smallest absolute Gasteiger partial charge is 0.389 e. The number of hydrogen-bond donors (Lipinski definition) is 1. The first-order valence-corrected chi connectivity index (χ1v) is 11.3. The van der Waals surface area contributed by atoms with Gasteiger partial charge in [-0.1, -0.05) is 37.6 Å². The van der Waals surface area contributed by atoms with Crippen LogP contribution in [-0.2, 0) is 11.2 Å². The number of epoxide rings is 1. The van der Waals surface area contributed by atoms with Gasteiger partial charge in [-0.3, -0.25) is 4.79 Å². The Labute approximate surface area is 188 Å². The Morgan fingerprint density at radius 3 is 2.69 bits per heavy atom. The molecule has 1 saturated heterocycles. The van der Waals surface area contributed by atoms with Crippen molar-refractivity contribution in [2.45, 2.75) is 83.6 Å². The van der Waals surface area contributed by atoms with E-state index in [2.05, 4.69) is 0 Å². The fourth-order valence-corrected chi connectivity index (χ4v) is 3.49. The minimum absolute atomic E-state index is 0.0220. The lowest BCUT2D eigenvalue weighted by molar-refractivity contribution is -0.135. The number of aromatic hydroxyl groups is 1. The van der Waals surface area contributed by atoms with Crippen molar-refractivity contribution in [3.63, 3.8) is 0 Å². The number of halogens is 3. The van der Waals surface area contributed by atoms with Crippen LogP contribution in [0.5, 0.6) is 11.5 Å². The number of Topliss-reactive ketones (excluding diaryl/α,β-unsaturated/α-hetero) is 1. The zero-order chi connectivity index (χ0) is 23.6. The molecule has 0 bridgehead atoms. The van der Waals surface area contributed by atoms with Crippen LogP contribution in [0.1, 0.15) is 74.7 Å². The Bertz CT molecular complexity index is 799. The number of unbranched alkanes of at least 4 members (excludes halogenated alkanes) is 2. The number of alkyl halides is 3. The van der Waals surface area contributed by atoms with E-state index in [1.54, 1.807) is 12.1 Å². The molecule has 0 aliphatic carbocycles. The van der Waals surface area contributed by atoms with E-state index in [0.29, 0.717) is 36.3 Å². The average molecular weight is 455 g/mol. The molecule has 0 unspecified atom stereocenters. The van der Waals surface area contributed by atoms with Crippen molar-refractivity contribution in [3.8, 4) is 11.5 Å². The molecule has 1 aliphatic heterocycles. The first-order chi connectivity index (χ1) is 15.2. The van der Waals surface area contributed by atoms with Crippen LogP contribution in [0.2, 0.25) is 0 Å². The third-order valence-electron chi connectivity index (χ3n) is 5.26. The number of carbonyl (C=O) groups is 1. The molecule has 1 aliphatic rings. The molecule has 1 aromatic rings. The van der Waals surface area contributed by atoms with Crippen molar-refractivity contribution in [1.82, 2.24) is 0 Å².